The lowest BCUT2D eigenvalue weighted by Crippen LogP contribution is -2.25. The van der Waals surface area contributed by atoms with Crippen molar-refractivity contribution in [2.45, 2.75) is 33.7 Å². The molecule has 0 spiro atoms. The molecule has 0 radical (unpaired) electrons. The van der Waals surface area contributed by atoms with Crippen LogP contribution in [0.25, 0.3) is 0 Å². The van der Waals surface area contributed by atoms with Crippen molar-refractivity contribution in [3.63, 3.8) is 0 Å². The van der Waals surface area contributed by atoms with E-state index in [2.05, 4.69) is 61.2 Å². The molecule has 0 saturated carbocycles. The minimum Gasteiger partial charge on any atom is -0.359 e. The van der Waals surface area contributed by atoms with Crippen molar-refractivity contribution in [1.82, 2.24) is 10.3 Å². The van der Waals surface area contributed by atoms with E-state index in [4.69, 9.17) is 0 Å². The number of pyridine rings is 1. The van der Waals surface area contributed by atoms with Gasteiger partial charge in [0.2, 0.25) is 0 Å². The van der Waals surface area contributed by atoms with Gasteiger partial charge < -0.3 is 10.2 Å². The van der Waals surface area contributed by atoms with E-state index in [9.17, 15) is 0 Å². The normalized spacial score (nSPS) is 12.5. The zero-order valence-electron chi connectivity index (χ0n) is 11.5. The summed E-state index contributed by atoms with van der Waals surface area (Å²) in [5.41, 5.74) is 1.11. The van der Waals surface area contributed by atoms with Gasteiger partial charge in [0.25, 0.3) is 0 Å². The van der Waals surface area contributed by atoms with Crippen LogP contribution < -0.4 is 10.2 Å². The van der Waals surface area contributed by atoms with Crippen LogP contribution in [-0.2, 0) is 6.54 Å². The number of anilines is 1. The van der Waals surface area contributed by atoms with Crippen LogP contribution in [0.15, 0.2) is 18.2 Å². The van der Waals surface area contributed by atoms with Crippen LogP contribution >= 0.6 is 0 Å². The Bertz CT molecular complexity index is 325. The zero-order chi connectivity index (χ0) is 12.7. The van der Waals surface area contributed by atoms with Crippen LogP contribution in [0.3, 0.4) is 0 Å². The summed E-state index contributed by atoms with van der Waals surface area (Å²) in [6, 6.07) is 6.24. The van der Waals surface area contributed by atoms with E-state index in [1.165, 1.54) is 6.42 Å². The average Bonchev–Trinajstić information content (AvgIpc) is 2.36. The fourth-order valence-corrected chi connectivity index (χ4v) is 1.72. The van der Waals surface area contributed by atoms with Gasteiger partial charge in [-0.2, -0.15) is 0 Å². The Kier molecular flexibility index (Phi) is 5.98. The summed E-state index contributed by atoms with van der Waals surface area (Å²) >= 11 is 0. The first kappa shape index (κ1) is 14.0. The van der Waals surface area contributed by atoms with Gasteiger partial charge in [-0.05, 0) is 24.6 Å². The SMILES string of the molecule is CCNCc1cccc(N(C)CC(C)CC)n1. The molecule has 0 aliphatic carbocycles. The number of hydrogen-bond acceptors (Lipinski definition) is 3. The molecule has 96 valence electrons. The molecule has 0 aliphatic heterocycles. The van der Waals surface area contributed by atoms with E-state index in [1.54, 1.807) is 0 Å². The topological polar surface area (TPSA) is 28.2 Å². The average molecular weight is 235 g/mol. The monoisotopic (exact) mass is 235 g/mol. The second-order valence-corrected chi connectivity index (χ2v) is 4.66. The molecule has 3 nitrogen and oxygen atoms in total. The molecule has 1 aromatic heterocycles. The van der Waals surface area contributed by atoms with E-state index >= 15 is 0 Å². The number of nitrogens with one attached hydrogen (secondary N) is 1. The van der Waals surface area contributed by atoms with E-state index in [0.29, 0.717) is 5.92 Å². The molecule has 0 amide bonds. The summed E-state index contributed by atoms with van der Waals surface area (Å²) in [7, 11) is 2.12. The molecule has 1 atom stereocenters. The molecule has 1 heterocycles. The third-order valence-electron chi connectivity index (χ3n) is 3.02. The molecular weight excluding hydrogens is 210 g/mol. The van der Waals surface area contributed by atoms with Crippen molar-refractivity contribution in [3.05, 3.63) is 23.9 Å². The molecular formula is C14H25N3. The summed E-state index contributed by atoms with van der Waals surface area (Å²) in [6.07, 6.45) is 1.21. The number of nitrogens with zero attached hydrogens (tertiary/aromatic N) is 2. The van der Waals surface area contributed by atoms with Gasteiger partial charge in [-0.3, -0.25) is 0 Å². The fraction of sp³-hybridized carbons (Fsp3) is 0.643. The number of hydrogen-bond donors (Lipinski definition) is 1. The lowest BCUT2D eigenvalue weighted by molar-refractivity contribution is 0.557. The standard InChI is InChI=1S/C14H25N3/c1-5-12(3)11-17(4)14-9-7-8-13(16-14)10-15-6-2/h7-9,12,15H,5-6,10-11H2,1-4H3. The maximum Gasteiger partial charge on any atom is 0.128 e. The second-order valence-electron chi connectivity index (χ2n) is 4.66. The van der Waals surface area contributed by atoms with E-state index in [1.807, 2.05) is 0 Å². The molecule has 0 fully saturated rings. The maximum absolute atomic E-state index is 4.66. The van der Waals surface area contributed by atoms with Gasteiger partial charge in [0.15, 0.2) is 0 Å². The number of rotatable bonds is 7. The molecule has 0 aliphatic rings. The maximum atomic E-state index is 4.66. The van der Waals surface area contributed by atoms with Gasteiger partial charge in [0, 0.05) is 20.1 Å². The Hall–Kier alpha value is -1.09. The molecule has 0 bridgehead atoms. The first-order valence-electron chi connectivity index (χ1n) is 6.55. The number of aromatic nitrogens is 1. The molecule has 1 unspecified atom stereocenters. The summed E-state index contributed by atoms with van der Waals surface area (Å²) in [6.45, 7) is 9.51. The van der Waals surface area contributed by atoms with Crippen molar-refractivity contribution in [1.29, 1.82) is 0 Å². The Labute approximate surface area is 105 Å². The van der Waals surface area contributed by atoms with Crippen LogP contribution in [0.2, 0.25) is 0 Å². The Morgan fingerprint density at radius 3 is 2.76 bits per heavy atom. The van der Waals surface area contributed by atoms with Crippen molar-refractivity contribution in [2.24, 2.45) is 5.92 Å². The van der Waals surface area contributed by atoms with Crippen molar-refractivity contribution >= 4 is 5.82 Å². The quantitative estimate of drug-likeness (QED) is 0.787. The Morgan fingerprint density at radius 1 is 1.35 bits per heavy atom. The largest absolute Gasteiger partial charge is 0.359 e. The van der Waals surface area contributed by atoms with Crippen LogP contribution in [-0.4, -0.2) is 25.1 Å². The third-order valence-corrected chi connectivity index (χ3v) is 3.02. The second kappa shape index (κ2) is 7.28. The van der Waals surface area contributed by atoms with Crippen LogP contribution in [0.5, 0.6) is 0 Å². The smallest absolute Gasteiger partial charge is 0.128 e. The summed E-state index contributed by atoms with van der Waals surface area (Å²) < 4.78 is 0. The minimum absolute atomic E-state index is 0.708. The van der Waals surface area contributed by atoms with E-state index < -0.39 is 0 Å². The van der Waals surface area contributed by atoms with Gasteiger partial charge in [-0.1, -0.05) is 33.3 Å². The third kappa shape index (κ3) is 4.73. The Balaban J connectivity index is 2.63. The summed E-state index contributed by atoms with van der Waals surface area (Å²) in [5, 5.41) is 3.30. The highest BCUT2D eigenvalue weighted by Crippen LogP contribution is 2.12. The predicted octanol–water partition coefficient (Wildman–Crippen LogP) is 2.67. The zero-order valence-corrected chi connectivity index (χ0v) is 11.5. The first-order valence-corrected chi connectivity index (χ1v) is 6.55. The lowest BCUT2D eigenvalue weighted by Gasteiger charge is -2.22. The molecule has 1 aromatic rings. The van der Waals surface area contributed by atoms with Crippen LogP contribution in [0.4, 0.5) is 5.82 Å². The summed E-state index contributed by atoms with van der Waals surface area (Å²) in [4.78, 5) is 6.90. The van der Waals surface area contributed by atoms with Crippen molar-refractivity contribution < 1.29 is 0 Å². The Morgan fingerprint density at radius 2 is 2.12 bits per heavy atom. The fourth-order valence-electron chi connectivity index (χ4n) is 1.72. The molecule has 1 N–H and O–H groups in total. The van der Waals surface area contributed by atoms with Gasteiger partial charge in [-0.25, -0.2) is 4.98 Å². The molecule has 17 heavy (non-hydrogen) atoms. The van der Waals surface area contributed by atoms with Crippen LogP contribution in [0, 0.1) is 5.92 Å². The molecule has 0 aromatic carbocycles. The van der Waals surface area contributed by atoms with E-state index in [0.717, 1.165) is 31.1 Å². The predicted molar refractivity (Wildman–Crippen MR) is 74.3 cm³/mol. The van der Waals surface area contributed by atoms with Crippen molar-refractivity contribution in [3.8, 4) is 0 Å². The van der Waals surface area contributed by atoms with E-state index in [-0.39, 0.29) is 0 Å². The van der Waals surface area contributed by atoms with Crippen LogP contribution in [0.1, 0.15) is 32.9 Å². The minimum atomic E-state index is 0.708. The van der Waals surface area contributed by atoms with Gasteiger partial charge >= 0.3 is 0 Å². The van der Waals surface area contributed by atoms with Gasteiger partial charge in [-0.15, -0.1) is 0 Å². The highest BCUT2D eigenvalue weighted by Gasteiger charge is 2.07. The highest BCUT2D eigenvalue weighted by molar-refractivity contribution is 5.38. The molecule has 1 rings (SSSR count). The lowest BCUT2D eigenvalue weighted by atomic mass is 10.1. The summed E-state index contributed by atoms with van der Waals surface area (Å²) in [5.74, 6) is 1.78. The van der Waals surface area contributed by atoms with Crippen molar-refractivity contribution in [2.75, 3.05) is 25.0 Å². The van der Waals surface area contributed by atoms with Gasteiger partial charge in [0.1, 0.15) is 5.82 Å². The molecule has 3 heteroatoms. The first-order chi connectivity index (χ1) is 8.17. The molecule has 0 saturated heterocycles. The highest BCUT2D eigenvalue weighted by atomic mass is 15.2. The van der Waals surface area contributed by atoms with Gasteiger partial charge in [0.05, 0.1) is 5.69 Å².